The van der Waals surface area contributed by atoms with E-state index in [0.717, 1.165) is 26.0 Å². The fourth-order valence-electron chi connectivity index (χ4n) is 1.85. The number of hydrogen-bond donors (Lipinski definition) is 1. The van der Waals surface area contributed by atoms with Crippen molar-refractivity contribution < 1.29 is 5.11 Å². The van der Waals surface area contributed by atoms with Gasteiger partial charge in [-0.1, -0.05) is 45.4 Å². The van der Waals surface area contributed by atoms with Crippen LogP contribution in [0.1, 0.15) is 63.5 Å². The average Bonchev–Trinajstić information content (AvgIpc) is 2.62. The van der Waals surface area contributed by atoms with Crippen LogP contribution in [0.15, 0.2) is 13.6 Å². The molecule has 1 heterocycles. The molecule has 1 nitrogen and oxygen atoms in total. The van der Waals surface area contributed by atoms with Crippen molar-refractivity contribution in [1.29, 1.82) is 0 Å². The van der Waals surface area contributed by atoms with Crippen LogP contribution in [0.5, 0.6) is 0 Å². The molecule has 17 heavy (non-hydrogen) atoms. The van der Waals surface area contributed by atoms with Gasteiger partial charge in [0.05, 0.1) is 13.7 Å². The van der Waals surface area contributed by atoms with E-state index < -0.39 is 0 Å². The second-order valence-electron chi connectivity index (χ2n) is 4.35. The van der Waals surface area contributed by atoms with Gasteiger partial charge in [-0.3, -0.25) is 0 Å². The number of halogens is 2. The van der Waals surface area contributed by atoms with E-state index in [0.29, 0.717) is 0 Å². The number of hydrogen-bond acceptors (Lipinski definition) is 2. The standard InChI is InChI=1S/C13H20Br2OS/c1-2-3-4-5-6-7-8-11(16)10-9-12(14)17-13(10)15/h9,11,16H,2-8H2,1H3. The summed E-state index contributed by atoms with van der Waals surface area (Å²) in [6, 6.07) is 2.01. The van der Waals surface area contributed by atoms with E-state index in [4.69, 9.17) is 0 Å². The van der Waals surface area contributed by atoms with E-state index in [-0.39, 0.29) is 6.10 Å². The molecule has 0 aliphatic heterocycles. The van der Waals surface area contributed by atoms with Crippen molar-refractivity contribution in [3.63, 3.8) is 0 Å². The Morgan fingerprint density at radius 3 is 2.41 bits per heavy atom. The largest absolute Gasteiger partial charge is 0.388 e. The zero-order chi connectivity index (χ0) is 12.7. The lowest BCUT2D eigenvalue weighted by atomic mass is 10.0. The first-order valence-corrected chi connectivity index (χ1v) is 8.68. The van der Waals surface area contributed by atoms with Crippen molar-refractivity contribution in [3.05, 3.63) is 19.2 Å². The lowest BCUT2D eigenvalue weighted by Crippen LogP contribution is -1.96. The lowest BCUT2D eigenvalue weighted by molar-refractivity contribution is 0.163. The lowest BCUT2D eigenvalue weighted by Gasteiger charge is -2.09. The molecule has 98 valence electrons. The fourth-order valence-corrected chi connectivity index (χ4v) is 4.81. The Labute approximate surface area is 125 Å². The third kappa shape index (κ3) is 5.86. The van der Waals surface area contributed by atoms with Gasteiger partial charge in [-0.25, -0.2) is 0 Å². The molecular formula is C13H20Br2OS. The normalized spacial score (nSPS) is 12.9. The van der Waals surface area contributed by atoms with Gasteiger partial charge in [0.1, 0.15) is 0 Å². The number of thiophene rings is 1. The molecule has 1 aromatic heterocycles. The molecule has 1 rings (SSSR count). The molecule has 0 amide bonds. The minimum absolute atomic E-state index is 0.321. The SMILES string of the molecule is CCCCCCCCC(O)c1cc(Br)sc1Br. The van der Waals surface area contributed by atoms with Crippen molar-refractivity contribution in [3.8, 4) is 0 Å². The Balaban J connectivity index is 2.21. The molecular weight excluding hydrogens is 364 g/mol. The summed E-state index contributed by atoms with van der Waals surface area (Å²) in [5.41, 5.74) is 1.02. The molecule has 1 unspecified atom stereocenters. The second-order valence-corrected chi connectivity index (χ2v) is 8.10. The van der Waals surface area contributed by atoms with Crippen LogP contribution in [0.3, 0.4) is 0 Å². The Kier molecular flexibility index (Phi) is 8.00. The smallest absolute Gasteiger partial charge is 0.0809 e. The highest BCUT2D eigenvalue weighted by molar-refractivity contribution is 9.12. The summed E-state index contributed by atoms with van der Waals surface area (Å²) in [6.45, 7) is 2.23. The zero-order valence-corrected chi connectivity index (χ0v) is 14.2. The van der Waals surface area contributed by atoms with Gasteiger partial charge in [0, 0.05) is 5.56 Å². The van der Waals surface area contributed by atoms with E-state index in [1.165, 1.54) is 32.1 Å². The quantitative estimate of drug-likeness (QED) is 0.541. The van der Waals surface area contributed by atoms with Crippen molar-refractivity contribution in [1.82, 2.24) is 0 Å². The first-order chi connectivity index (χ1) is 8.15. The summed E-state index contributed by atoms with van der Waals surface area (Å²) < 4.78 is 2.12. The van der Waals surface area contributed by atoms with E-state index in [1.54, 1.807) is 11.3 Å². The Morgan fingerprint density at radius 2 is 1.82 bits per heavy atom. The van der Waals surface area contributed by atoms with Crippen LogP contribution in [0.25, 0.3) is 0 Å². The molecule has 1 aromatic rings. The maximum Gasteiger partial charge on any atom is 0.0809 e. The van der Waals surface area contributed by atoms with Crippen LogP contribution in [0.2, 0.25) is 0 Å². The third-order valence-electron chi connectivity index (χ3n) is 2.87. The molecule has 0 saturated carbocycles. The maximum atomic E-state index is 10.1. The Bertz CT molecular complexity index is 325. The highest BCUT2D eigenvalue weighted by atomic mass is 79.9. The first kappa shape index (κ1) is 15.7. The first-order valence-electron chi connectivity index (χ1n) is 6.28. The number of rotatable bonds is 8. The van der Waals surface area contributed by atoms with E-state index in [1.807, 2.05) is 6.07 Å². The van der Waals surface area contributed by atoms with E-state index >= 15 is 0 Å². The monoisotopic (exact) mass is 382 g/mol. The molecule has 0 saturated heterocycles. The molecule has 0 aromatic carbocycles. The molecule has 4 heteroatoms. The van der Waals surface area contributed by atoms with Gasteiger partial charge in [-0.2, -0.15) is 0 Å². The number of aliphatic hydroxyl groups is 1. The van der Waals surface area contributed by atoms with Gasteiger partial charge in [-0.05, 0) is 44.3 Å². The van der Waals surface area contributed by atoms with Crippen molar-refractivity contribution in [2.45, 2.75) is 58.0 Å². The predicted molar refractivity (Wildman–Crippen MR) is 82.7 cm³/mol. The van der Waals surface area contributed by atoms with Gasteiger partial charge in [-0.15, -0.1) is 11.3 Å². The minimum Gasteiger partial charge on any atom is -0.388 e. The van der Waals surface area contributed by atoms with Crippen LogP contribution in [-0.4, -0.2) is 5.11 Å². The predicted octanol–water partition coefficient (Wildman–Crippen LogP) is 6.06. The highest BCUT2D eigenvalue weighted by Gasteiger charge is 2.13. The van der Waals surface area contributed by atoms with Gasteiger partial charge < -0.3 is 5.11 Å². The number of aliphatic hydroxyl groups excluding tert-OH is 1. The molecule has 0 bridgehead atoms. The Hall–Kier alpha value is 0.620. The Morgan fingerprint density at radius 1 is 1.18 bits per heavy atom. The number of unbranched alkanes of at least 4 members (excludes halogenated alkanes) is 5. The van der Waals surface area contributed by atoms with Crippen LogP contribution in [-0.2, 0) is 0 Å². The van der Waals surface area contributed by atoms with Crippen molar-refractivity contribution >= 4 is 43.2 Å². The summed E-state index contributed by atoms with van der Waals surface area (Å²) in [5, 5.41) is 10.1. The van der Waals surface area contributed by atoms with Crippen molar-refractivity contribution in [2.24, 2.45) is 0 Å². The summed E-state index contributed by atoms with van der Waals surface area (Å²) in [7, 11) is 0. The van der Waals surface area contributed by atoms with E-state index in [9.17, 15) is 5.11 Å². The molecule has 1 atom stereocenters. The molecule has 0 fully saturated rings. The highest BCUT2D eigenvalue weighted by Crippen LogP contribution is 2.37. The topological polar surface area (TPSA) is 20.2 Å². The summed E-state index contributed by atoms with van der Waals surface area (Å²) in [5.74, 6) is 0. The van der Waals surface area contributed by atoms with Crippen LogP contribution in [0, 0.1) is 0 Å². The molecule has 0 radical (unpaired) electrons. The minimum atomic E-state index is -0.321. The van der Waals surface area contributed by atoms with E-state index in [2.05, 4.69) is 38.8 Å². The second kappa shape index (κ2) is 8.68. The van der Waals surface area contributed by atoms with Gasteiger partial charge in [0.2, 0.25) is 0 Å². The molecule has 0 spiro atoms. The summed E-state index contributed by atoms with van der Waals surface area (Å²) in [4.78, 5) is 0. The third-order valence-corrected chi connectivity index (χ3v) is 5.26. The van der Waals surface area contributed by atoms with Gasteiger partial charge in [0.25, 0.3) is 0 Å². The van der Waals surface area contributed by atoms with Crippen molar-refractivity contribution in [2.75, 3.05) is 0 Å². The molecule has 0 aliphatic rings. The van der Waals surface area contributed by atoms with Crippen LogP contribution < -0.4 is 0 Å². The zero-order valence-electron chi connectivity index (χ0n) is 10.2. The maximum absolute atomic E-state index is 10.1. The van der Waals surface area contributed by atoms with Crippen LogP contribution in [0.4, 0.5) is 0 Å². The van der Waals surface area contributed by atoms with Gasteiger partial charge >= 0.3 is 0 Å². The summed E-state index contributed by atoms with van der Waals surface area (Å²) >= 11 is 8.55. The molecule has 1 N–H and O–H groups in total. The van der Waals surface area contributed by atoms with Gasteiger partial charge in [0.15, 0.2) is 0 Å². The summed E-state index contributed by atoms with van der Waals surface area (Å²) in [6.07, 6.45) is 8.16. The molecule has 0 aliphatic carbocycles. The average molecular weight is 384 g/mol. The van der Waals surface area contributed by atoms with Crippen LogP contribution >= 0.6 is 43.2 Å². The fraction of sp³-hybridized carbons (Fsp3) is 0.692.